The van der Waals surface area contributed by atoms with Gasteiger partial charge in [-0.25, -0.2) is 0 Å². The van der Waals surface area contributed by atoms with Crippen LogP contribution in [0.3, 0.4) is 0 Å². The molecule has 2 bridgehead atoms. The monoisotopic (exact) mass is 486 g/mol. The quantitative estimate of drug-likeness (QED) is 0.633. The molecule has 36 heavy (non-hydrogen) atoms. The van der Waals surface area contributed by atoms with E-state index in [1.54, 1.807) is 17.0 Å². The second kappa shape index (κ2) is 7.83. The largest absolute Gasteiger partial charge is 0.504 e. The van der Waals surface area contributed by atoms with Crippen LogP contribution in [0.1, 0.15) is 48.8 Å². The van der Waals surface area contributed by atoms with Crippen LogP contribution in [0, 0.1) is 5.92 Å². The maximum atomic E-state index is 13.3. The molecule has 6 nitrogen and oxygen atoms in total. The Labute approximate surface area is 212 Å². The van der Waals surface area contributed by atoms with Crippen LogP contribution in [0.15, 0.2) is 48.5 Å². The highest BCUT2D eigenvalue weighted by molar-refractivity contribution is 5.92. The van der Waals surface area contributed by atoms with Gasteiger partial charge in [0, 0.05) is 31.3 Å². The molecule has 3 aliphatic carbocycles. The number of aliphatic hydroxyl groups is 1. The number of likely N-dealkylation sites (N-methyl/N-ethyl adjacent to an activating group) is 1. The van der Waals surface area contributed by atoms with Crippen molar-refractivity contribution in [2.24, 2.45) is 5.92 Å². The summed E-state index contributed by atoms with van der Waals surface area (Å²) in [6, 6.07) is 13.4. The second-order valence-corrected chi connectivity index (χ2v) is 11.6. The van der Waals surface area contributed by atoms with Crippen molar-refractivity contribution in [1.29, 1.82) is 0 Å². The fraction of sp³-hybridized carbons (Fsp3) is 0.500. The van der Waals surface area contributed by atoms with Crippen LogP contribution in [-0.4, -0.2) is 69.8 Å². The van der Waals surface area contributed by atoms with Gasteiger partial charge in [0.05, 0.1) is 17.1 Å². The molecule has 2 N–H and O–H groups in total. The van der Waals surface area contributed by atoms with Crippen LogP contribution in [0.5, 0.6) is 11.5 Å². The number of carbonyl (C=O) groups is 1. The summed E-state index contributed by atoms with van der Waals surface area (Å²) in [4.78, 5) is 17.6. The fourth-order valence-electron chi connectivity index (χ4n) is 7.86. The molecule has 2 heterocycles. The van der Waals surface area contributed by atoms with E-state index in [1.165, 1.54) is 18.4 Å². The standard InChI is InChI=1S/C30H34N2O4/c1-31(25(34)12-9-19-5-3-2-4-6-19)22-13-14-30(35)24-17-21-10-11-23(33)27-26(21)29(30,28(22)36-27)15-16-32(24)18-20-7-8-20/h2-6,9-12,20,22,24,28,33,35H,7-8,13-18H2,1H3/b12-9+/t22-,24+,28-,29-,30+/m0/s1. The van der Waals surface area contributed by atoms with Gasteiger partial charge in [0.1, 0.15) is 6.10 Å². The van der Waals surface area contributed by atoms with Crippen molar-refractivity contribution >= 4 is 12.0 Å². The highest BCUT2D eigenvalue weighted by Crippen LogP contribution is 2.66. The Morgan fingerprint density at radius 3 is 2.75 bits per heavy atom. The molecule has 0 unspecified atom stereocenters. The number of rotatable bonds is 5. The van der Waals surface area contributed by atoms with Crippen LogP contribution >= 0.6 is 0 Å². The van der Waals surface area contributed by atoms with Crippen LogP contribution < -0.4 is 4.74 Å². The van der Waals surface area contributed by atoms with Gasteiger partial charge in [0.25, 0.3) is 0 Å². The van der Waals surface area contributed by atoms with E-state index in [0.717, 1.165) is 43.0 Å². The number of nitrogens with zero attached hydrogens (tertiary/aromatic N) is 2. The van der Waals surface area contributed by atoms with E-state index in [-0.39, 0.29) is 29.8 Å². The minimum atomic E-state index is -0.933. The molecule has 7 rings (SSSR count). The number of likely N-dealkylation sites (tertiary alicyclic amines) is 1. The van der Waals surface area contributed by atoms with E-state index in [2.05, 4.69) is 4.90 Å². The summed E-state index contributed by atoms with van der Waals surface area (Å²) < 4.78 is 6.60. The van der Waals surface area contributed by atoms with Gasteiger partial charge in [-0.1, -0.05) is 36.4 Å². The fourth-order valence-corrected chi connectivity index (χ4v) is 7.86. The van der Waals surface area contributed by atoms with Crippen molar-refractivity contribution in [3.05, 3.63) is 65.2 Å². The number of ether oxygens (including phenoxy) is 1. The highest BCUT2D eigenvalue weighted by atomic mass is 16.5. The van der Waals surface area contributed by atoms with Crippen LogP contribution in [0.4, 0.5) is 0 Å². The molecule has 2 aliphatic heterocycles. The summed E-state index contributed by atoms with van der Waals surface area (Å²) in [6.45, 7) is 1.97. The molecule has 0 aromatic heterocycles. The maximum absolute atomic E-state index is 13.3. The number of amides is 1. The number of benzene rings is 2. The van der Waals surface area contributed by atoms with Gasteiger partial charge in [-0.15, -0.1) is 0 Å². The Bertz CT molecular complexity index is 1240. The van der Waals surface area contributed by atoms with Crippen molar-refractivity contribution in [2.45, 2.75) is 67.7 Å². The maximum Gasteiger partial charge on any atom is 0.246 e. The zero-order valence-electron chi connectivity index (χ0n) is 20.8. The summed E-state index contributed by atoms with van der Waals surface area (Å²) in [5.74, 6) is 1.34. The SMILES string of the molecule is CN(C(=O)/C=C/c1ccccc1)[C@H]1CC[C@@]2(O)[C@H]3Cc4ccc(O)c5c4[C@@]2(CCN3CC2CC2)[C@H]1O5. The Kier molecular flexibility index (Phi) is 4.87. The molecule has 5 aliphatic rings. The van der Waals surface area contributed by atoms with E-state index < -0.39 is 11.0 Å². The lowest BCUT2D eigenvalue weighted by Gasteiger charge is -2.64. The Balaban J connectivity index is 1.26. The molecule has 1 amide bonds. The van der Waals surface area contributed by atoms with E-state index in [0.29, 0.717) is 18.6 Å². The van der Waals surface area contributed by atoms with Gasteiger partial charge >= 0.3 is 0 Å². The summed E-state index contributed by atoms with van der Waals surface area (Å²) >= 11 is 0. The predicted octanol–water partition coefficient (Wildman–Crippen LogP) is 3.50. The van der Waals surface area contributed by atoms with E-state index >= 15 is 0 Å². The number of piperidine rings is 1. The van der Waals surface area contributed by atoms with Crippen molar-refractivity contribution in [3.8, 4) is 11.5 Å². The van der Waals surface area contributed by atoms with Gasteiger partial charge in [-0.3, -0.25) is 9.69 Å². The number of aromatic hydroxyl groups is 1. The predicted molar refractivity (Wildman–Crippen MR) is 137 cm³/mol. The molecule has 0 radical (unpaired) electrons. The third-order valence-corrected chi connectivity index (χ3v) is 9.79. The van der Waals surface area contributed by atoms with Crippen LogP contribution in [0.25, 0.3) is 6.08 Å². The topological polar surface area (TPSA) is 73.2 Å². The first kappa shape index (κ1) is 22.4. The van der Waals surface area contributed by atoms with E-state index in [4.69, 9.17) is 4.74 Å². The third-order valence-electron chi connectivity index (χ3n) is 9.79. The molecular formula is C30H34N2O4. The van der Waals surface area contributed by atoms with Gasteiger partial charge in [0.2, 0.25) is 5.91 Å². The highest BCUT2D eigenvalue weighted by Gasteiger charge is 2.73. The van der Waals surface area contributed by atoms with Gasteiger partial charge in [0.15, 0.2) is 11.5 Å². The minimum Gasteiger partial charge on any atom is -0.504 e. The smallest absolute Gasteiger partial charge is 0.246 e. The number of hydrogen-bond acceptors (Lipinski definition) is 5. The average Bonchev–Trinajstić information content (AvgIpc) is 3.63. The first-order valence-electron chi connectivity index (χ1n) is 13.4. The van der Waals surface area contributed by atoms with Crippen molar-refractivity contribution in [2.75, 3.05) is 20.1 Å². The zero-order valence-corrected chi connectivity index (χ0v) is 20.8. The van der Waals surface area contributed by atoms with Crippen molar-refractivity contribution < 1.29 is 19.7 Å². The first-order valence-corrected chi connectivity index (χ1v) is 13.4. The normalized spacial score (nSPS) is 34.3. The number of carbonyl (C=O) groups excluding carboxylic acids is 1. The third kappa shape index (κ3) is 3.00. The van der Waals surface area contributed by atoms with Crippen molar-refractivity contribution in [1.82, 2.24) is 9.80 Å². The molecule has 2 aromatic rings. The summed E-state index contributed by atoms with van der Waals surface area (Å²) in [5.41, 5.74) is 1.62. The number of phenolic OH excluding ortho intramolecular Hbond substituents is 1. The first-order chi connectivity index (χ1) is 17.4. The molecule has 2 saturated carbocycles. The molecule has 1 saturated heterocycles. The second-order valence-electron chi connectivity index (χ2n) is 11.6. The molecule has 2 aromatic carbocycles. The lowest BCUT2D eigenvalue weighted by atomic mass is 9.48. The molecule has 3 fully saturated rings. The summed E-state index contributed by atoms with van der Waals surface area (Å²) in [5, 5.41) is 23.4. The minimum absolute atomic E-state index is 0.0425. The number of hydrogen-bond donors (Lipinski definition) is 2. The molecule has 6 heteroatoms. The average molecular weight is 487 g/mol. The Morgan fingerprint density at radius 2 is 1.97 bits per heavy atom. The zero-order chi connectivity index (χ0) is 24.7. The number of phenols is 1. The lowest BCUT2D eigenvalue weighted by molar-refractivity contribution is -0.200. The Morgan fingerprint density at radius 1 is 1.17 bits per heavy atom. The van der Waals surface area contributed by atoms with Crippen molar-refractivity contribution in [3.63, 3.8) is 0 Å². The molecule has 5 atom stereocenters. The van der Waals surface area contributed by atoms with Gasteiger partial charge < -0.3 is 19.8 Å². The molecule has 1 spiro atoms. The molecular weight excluding hydrogens is 452 g/mol. The van der Waals surface area contributed by atoms with E-state index in [9.17, 15) is 15.0 Å². The Hall–Kier alpha value is -2.83. The van der Waals surface area contributed by atoms with Crippen LogP contribution in [0.2, 0.25) is 0 Å². The lowest BCUT2D eigenvalue weighted by Crippen LogP contribution is -2.78. The van der Waals surface area contributed by atoms with Crippen LogP contribution in [-0.2, 0) is 16.6 Å². The summed E-state index contributed by atoms with van der Waals surface area (Å²) in [7, 11) is 1.85. The van der Waals surface area contributed by atoms with Gasteiger partial charge in [-0.05, 0) is 74.3 Å². The van der Waals surface area contributed by atoms with E-state index in [1.807, 2.05) is 49.5 Å². The molecule has 188 valence electrons. The van der Waals surface area contributed by atoms with Gasteiger partial charge in [-0.2, -0.15) is 0 Å². The summed E-state index contributed by atoms with van der Waals surface area (Å²) in [6.07, 6.45) is 8.51.